The van der Waals surface area contributed by atoms with Crippen molar-refractivity contribution in [1.82, 2.24) is 15.5 Å². The second-order valence-electron chi connectivity index (χ2n) is 7.31. The van der Waals surface area contributed by atoms with Gasteiger partial charge >= 0.3 is 6.03 Å². The molecule has 4 rings (SSSR count). The summed E-state index contributed by atoms with van der Waals surface area (Å²) in [5.41, 5.74) is 2.60. The van der Waals surface area contributed by atoms with Gasteiger partial charge in [0.2, 0.25) is 5.91 Å². The van der Waals surface area contributed by atoms with Crippen molar-refractivity contribution in [2.75, 3.05) is 5.32 Å². The van der Waals surface area contributed by atoms with Crippen molar-refractivity contribution < 1.29 is 14.0 Å². The number of rotatable bonds is 4. The zero-order valence-corrected chi connectivity index (χ0v) is 15.9. The highest BCUT2D eigenvalue weighted by Crippen LogP contribution is 2.31. The number of aromatic amines is 1. The molecule has 148 valence electrons. The van der Waals surface area contributed by atoms with Crippen LogP contribution in [0.1, 0.15) is 25.5 Å². The van der Waals surface area contributed by atoms with Gasteiger partial charge in [0.15, 0.2) is 0 Å². The van der Waals surface area contributed by atoms with Gasteiger partial charge in [-0.3, -0.25) is 9.89 Å². The number of anilines is 1. The lowest BCUT2D eigenvalue weighted by Crippen LogP contribution is -2.47. The van der Waals surface area contributed by atoms with Crippen molar-refractivity contribution in [3.8, 4) is 0 Å². The number of benzene rings is 2. The van der Waals surface area contributed by atoms with Crippen molar-refractivity contribution in [2.24, 2.45) is 16.8 Å². The van der Waals surface area contributed by atoms with E-state index in [-0.39, 0.29) is 17.6 Å². The molecule has 0 spiro atoms. The highest BCUT2D eigenvalue weighted by Gasteiger charge is 2.39. The topological polar surface area (TPSA) is 99.2 Å². The molecule has 7 nitrogen and oxygen atoms in total. The van der Waals surface area contributed by atoms with Gasteiger partial charge in [0, 0.05) is 16.8 Å². The van der Waals surface area contributed by atoms with Crippen molar-refractivity contribution in [2.45, 2.75) is 19.9 Å². The van der Waals surface area contributed by atoms with Gasteiger partial charge in [-0.05, 0) is 41.8 Å². The van der Waals surface area contributed by atoms with Crippen LogP contribution in [0.2, 0.25) is 0 Å². The van der Waals surface area contributed by atoms with E-state index >= 15 is 0 Å². The fourth-order valence-corrected chi connectivity index (χ4v) is 3.57. The first-order valence-electron chi connectivity index (χ1n) is 9.31. The van der Waals surface area contributed by atoms with Gasteiger partial charge in [0.1, 0.15) is 11.7 Å². The van der Waals surface area contributed by atoms with Crippen LogP contribution in [-0.2, 0) is 4.79 Å². The molecule has 8 heteroatoms. The Bertz CT molecular complexity index is 1100. The van der Waals surface area contributed by atoms with Crippen LogP contribution in [0.3, 0.4) is 0 Å². The molecule has 3 N–H and O–H groups in total. The number of hydrogen-bond acceptors (Lipinski definition) is 3. The third kappa shape index (κ3) is 3.73. The summed E-state index contributed by atoms with van der Waals surface area (Å²) >= 11 is 0. The van der Waals surface area contributed by atoms with E-state index in [9.17, 15) is 14.0 Å². The highest BCUT2D eigenvalue weighted by molar-refractivity contribution is 6.14. The summed E-state index contributed by atoms with van der Waals surface area (Å²) < 4.78 is 13.4. The van der Waals surface area contributed by atoms with Gasteiger partial charge in [-0.2, -0.15) is 5.10 Å². The summed E-state index contributed by atoms with van der Waals surface area (Å²) in [5, 5.41) is 13.4. The van der Waals surface area contributed by atoms with E-state index < -0.39 is 18.0 Å². The standard InChI is InChI=1S/C21H20FN5O2/c1-11(2)18-17(19(26-21(29)25-18)12-3-5-14(22)6-4-12)20(28)24-15-7-8-16-13(9-15)10-23-27-16/h3-11,17,19H,1-2H3,(H,23,27)(H,24,28)(H,26,29). The van der Waals surface area contributed by atoms with Gasteiger partial charge in [-0.1, -0.05) is 26.0 Å². The first-order valence-corrected chi connectivity index (χ1v) is 9.31. The number of aliphatic imine (C=N–C) groups is 1. The number of amides is 3. The van der Waals surface area contributed by atoms with Gasteiger partial charge in [0.25, 0.3) is 0 Å². The maximum absolute atomic E-state index is 13.4. The summed E-state index contributed by atoms with van der Waals surface area (Å²) in [7, 11) is 0. The third-order valence-electron chi connectivity index (χ3n) is 4.97. The van der Waals surface area contributed by atoms with Gasteiger partial charge < -0.3 is 10.6 Å². The largest absolute Gasteiger partial charge is 0.341 e. The molecule has 1 aromatic heterocycles. The molecule has 0 radical (unpaired) electrons. The van der Waals surface area contributed by atoms with Crippen LogP contribution in [0.15, 0.2) is 53.7 Å². The number of carbonyl (C=O) groups excluding carboxylic acids is 2. The second kappa shape index (κ2) is 7.46. The number of fused-ring (bicyclic) bond motifs is 1. The van der Waals surface area contributed by atoms with E-state index in [1.807, 2.05) is 26.0 Å². The van der Waals surface area contributed by atoms with E-state index in [2.05, 4.69) is 25.8 Å². The predicted molar refractivity (Wildman–Crippen MR) is 108 cm³/mol. The van der Waals surface area contributed by atoms with Gasteiger partial charge in [0.05, 0.1) is 17.8 Å². The molecular weight excluding hydrogens is 373 g/mol. The van der Waals surface area contributed by atoms with Gasteiger partial charge in [-0.25, -0.2) is 14.2 Å². The Morgan fingerprint density at radius 1 is 1.17 bits per heavy atom. The molecule has 3 aromatic rings. The minimum Gasteiger partial charge on any atom is -0.328 e. The lowest BCUT2D eigenvalue weighted by atomic mass is 9.82. The number of halogens is 1. The number of nitrogens with zero attached hydrogens (tertiary/aromatic N) is 2. The predicted octanol–water partition coefficient (Wildman–Crippen LogP) is 3.82. The number of carbonyl (C=O) groups is 2. The van der Waals surface area contributed by atoms with Crippen molar-refractivity contribution in [1.29, 1.82) is 0 Å². The minimum absolute atomic E-state index is 0.115. The van der Waals surface area contributed by atoms with Crippen LogP contribution in [-0.4, -0.2) is 27.8 Å². The van der Waals surface area contributed by atoms with Crippen molar-refractivity contribution >= 4 is 34.2 Å². The lowest BCUT2D eigenvalue weighted by molar-refractivity contribution is -0.118. The van der Waals surface area contributed by atoms with Crippen LogP contribution in [0.4, 0.5) is 14.9 Å². The van der Waals surface area contributed by atoms with E-state index in [1.54, 1.807) is 24.4 Å². The Hall–Kier alpha value is -3.55. The fourth-order valence-electron chi connectivity index (χ4n) is 3.57. The van der Waals surface area contributed by atoms with E-state index in [0.29, 0.717) is 17.0 Å². The van der Waals surface area contributed by atoms with E-state index in [1.165, 1.54) is 12.1 Å². The maximum atomic E-state index is 13.4. The normalized spacial score (nSPS) is 19.2. The Kier molecular flexibility index (Phi) is 4.84. The molecule has 0 saturated heterocycles. The molecular formula is C21H20FN5O2. The molecule has 0 bridgehead atoms. The Balaban J connectivity index is 1.69. The molecule has 29 heavy (non-hydrogen) atoms. The fraction of sp³-hybridized carbons (Fsp3) is 0.238. The molecule has 0 saturated carbocycles. The Morgan fingerprint density at radius 2 is 1.93 bits per heavy atom. The Morgan fingerprint density at radius 3 is 2.66 bits per heavy atom. The molecule has 0 aliphatic carbocycles. The molecule has 2 heterocycles. The third-order valence-corrected chi connectivity index (χ3v) is 4.97. The number of hydrogen-bond donors (Lipinski definition) is 3. The molecule has 1 aliphatic rings. The molecule has 0 fully saturated rings. The number of nitrogens with one attached hydrogen (secondary N) is 3. The minimum atomic E-state index is -0.724. The van der Waals surface area contributed by atoms with Crippen molar-refractivity contribution in [3.05, 3.63) is 60.0 Å². The SMILES string of the molecule is CC(C)C1=NC(=O)NC(c2ccc(F)cc2)C1C(=O)Nc1ccc2[nH]ncc2c1. The van der Waals surface area contributed by atoms with E-state index in [4.69, 9.17) is 0 Å². The van der Waals surface area contributed by atoms with Crippen LogP contribution in [0, 0.1) is 17.7 Å². The quantitative estimate of drug-likeness (QED) is 0.628. The number of aromatic nitrogens is 2. The zero-order valence-electron chi connectivity index (χ0n) is 15.9. The molecule has 2 unspecified atom stereocenters. The summed E-state index contributed by atoms with van der Waals surface area (Å²) in [6.07, 6.45) is 1.67. The average Bonchev–Trinajstić information content (AvgIpc) is 3.15. The maximum Gasteiger partial charge on any atom is 0.341 e. The average molecular weight is 393 g/mol. The van der Waals surface area contributed by atoms with Crippen molar-refractivity contribution in [3.63, 3.8) is 0 Å². The van der Waals surface area contributed by atoms with Crippen LogP contribution < -0.4 is 10.6 Å². The highest BCUT2D eigenvalue weighted by atomic mass is 19.1. The summed E-state index contributed by atoms with van der Waals surface area (Å²) in [6.45, 7) is 3.77. The summed E-state index contributed by atoms with van der Waals surface area (Å²) in [4.78, 5) is 29.5. The smallest absolute Gasteiger partial charge is 0.328 e. The molecule has 1 aliphatic heterocycles. The molecule has 2 aromatic carbocycles. The van der Waals surface area contributed by atoms with E-state index in [0.717, 1.165) is 10.9 Å². The summed E-state index contributed by atoms with van der Waals surface area (Å²) in [6, 6.07) is 10.0. The lowest BCUT2D eigenvalue weighted by Gasteiger charge is -2.33. The number of H-pyrrole nitrogens is 1. The molecule has 3 amide bonds. The molecule has 2 atom stereocenters. The van der Waals surface area contributed by atoms with Crippen LogP contribution in [0.25, 0.3) is 10.9 Å². The van der Waals surface area contributed by atoms with Crippen LogP contribution >= 0.6 is 0 Å². The second-order valence-corrected chi connectivity index (χ2v) is 7.31. The summed E-state index contributed by atoms with van der Waals surface area (Å²) in [5.74, 6) is -1.52. The monoisotopic (exact) mass is 393 g/mol. The number of urea groups is 1. The zero-order chi connectivity index (χ0) is 20.5. The Labute approximate surface area is 166 Å². The van der Waals surface area contributed by atoms with Crippen LogP contribution in [0.5, 0.6) is 0 Å². The first kappa shape index (κ1) is 18.8. The first-order chi connectivity index (χ1) is 13.9. The van der Waals surface area contributed by atoms with Gasteiger partial charge in [-0.15, -0.1) is 0 Å².